The summed E-state index contributed by atoms with van der Waals surface area (Å²) in [5, 5.41) is 13.8. The lowest BCUT2D eigenvalue weighted by Gasteiger charge is -2.23. The van der Waals surface area contributed by atoms with Gasteiger partial charge in [0.25, 0.3) is 0 Å². The van der Waals surface area contributed by atoms with E-state index < -0.39 is 0 Å². The highest BCUT2D eigenvalue weighted by atomic mass is 32.1. The molecule has 0 amide bonds. The maximum atomic E-state index is 4.38. The average molecular weight is 357 g/mol. The van der Waals surface area contributed by atoms with Gasteiger partial charge in [-0.05, 0) is 26.3 Å². The molecule has 3 atom stereocenters. The number of thiol groups is 3. The van der Waals surface area contributed by atoms with Gasteiger partial charge in [0.2, 0.25) is 0 Å². The van der Waals surface area contributed by atoms with Gasteiger partial charge < -0.3 is 21.3 Å². The Hall–Kier alpha value is 0.890. The van der Waals surface area contributed by atoms with Crippen molar-refractivity contribution in [2.24, 2.45) is 0 Å². The number of rotatable bonds is 13. The van der Waals surface area contributed by atoms with Crippen LogP contribution in [0.5, 0.6) is 0 Å². The summed E-state index contributed by atoms with van der Waals surface area (Å²) in [5.74, 6) is 1.72. The van der Waals surface area contributed by atoms with Crippen molar-refractivity contribution in [3.05, 3.63) is 0 Å². The fraction of sp³-hybridized carbons (Fsp3) is 1.00. The molecule has 0 aromatic carbocycles. The highest BCUT2D eigenvalue weighted by Crippen LogP contribution is 1.90. The smallest absolute Gasteiger partial charge is 0.0281 e. The van der Waals surface area contributed by atoms with Crippen LogP contribution in [0.25, 0.3) is 0 Å². The van der Waals surface area contributed by atoms with Gasteiger partial charge in [0.1, 0.15) is 0 Å². The molecule has 0 aromatic heterocycles. The van der Waals surface area contributed by atoms with E-state index in [1.54, 1.807) is 6.26 Å². The lowest BCUT2D eigenvalue weighted by molar-refractivity contribution is 0.428. The minimum Gasteiger partial charge on any atom is -0.315 e. The lowest BCUT2D eigenvalue weighted by atomic mass is 10.2. The molecule has 4 N–H and O–H groups in total. The maximum Gasteiger partial charge on any atom is 0.0281 e. The van der Waals surface area contributed by atoms with Gasteiger partial charge in [-0.25, -0.2) is 0 Å². The highest BCUT2D eigenvalue weighted by molar-refractivity contribution is 7.80. The third-order valence-corrected chi connectivity index (χ3v) is 3.88. The van der Waals surface area contributed by atoms with E-state index in [1.807, 2.05) is 0 Å². The highest BCUT2D eigenvalue weighted by Gasteiger charge is 2.10. The second kappa shape index (κ2) is 18.9. The van der Waals surface area contributed by atoms with E-state index in [2.05, 4.69) is 79.9 Å². The zero-order valence-electron chi connectivity index (χ0n) is 14.0. The van der Waals surface area contributed by atoms with E-state index in [4.69, 9.17) is 0 Å². The van der Waals surface area contributed by atoms with Gasteiger partial charge in [0.05, 0.1) is 0 Å². The molecule has 0 saturated carbocycles. The second-order valence-corrected chi connectivity index (χ2v) is 5.57. The lowest BCUT2D eigenvalue weighted by Crippen LogP contribution is -2.49. The summed E-state index contributed by atoms with van der Waals surface area (Å²) in [5.41, 5.74) is 0. The van der Waals surface area contributed by atoms with E-state index in [0.29, 0.717) is 18.1 Å². The van der Waals surface area contributed by atoms with Gasteiger partial charge in [-0.3, -0.25) is 0 Å². The minimum absolute atomic E-state index is 0.432. The first-order valence-corrected chi connectivity index (χ1v) is 9.91. The quantitative estimate of drug-likeness (QED) is 0.251. The van der Waals surface area contributed by atoms with E-state index in [-0.39, 0.29) is 0 Å². The van der Waals surface area contributed by atoms with Crippen LogP contribution in [-0.4, -0.2) is 68.6 Å². The maximum absolute atomic E-state index is 4.38. The van der Waals surface area contributed by atoms with E-state index in [0.717, 1.165) is 44.2 Å². The van der Waals surface area contributed by atoms with E-state index in [9.17, 15) is 0 Å². The molecule has 0 saturated heterocycles. The van der Waals surface area contributed by atoms with Crippen molar-refractivity contribution in [1.29, 1.82) is 0 Å². The molecule has 0 fully saturated rings. The summed E-state index contributed by atoms with van der Waals surface area (Å²) in [7, 11) is 0. The molecule has 0 heterocycles. The van der Waals surface area contributed by atoms with Gasteiger partial charge in [0.15, 0.2) is 0 Å². The Bertz CT molecular complexity index is 199. The summed E-state index contributed by atoms with van der Waals surface area (Å²) in [6.07, 6.45) is 1.69. The first-order chi connectivity index (χ1) is 10.2. The molecular formula is C14H36N4S3. The molecule has 0 spiro atoms. The van der Waals surface area contributed by atoms with Gasteiger partial charge in [-0.15, -0.1) is 0 Å². The Labute approximate surface area is 148 Å². The van der Waals surface area contributed by atoms with Crippen molar-refractivity contribution in [1.82, 2.24) is 21.3 Å². The van der Waals surface area contributed by atoms with Crippen molar-refractivity contribution < 1.29 is 0 Å². The molecule has 21 heavy (non-hydrogen) atoms. The van der Waals surface area contributed by atoms with Crippen LogP contribution >= 0.6 is 37.9 Å². The van der Waals surface area contributed by atoms with Crippen molar-refractivity contribution in [3.63, 3.8) is 0 Å². The molecule has 0 aromatic rings. The van der Waals surface area contributed by atoms with E-state index in [1.165, 1.54) is 0 Å². The number of hydrogen-bond donors (Lipinski definition) is 7. The van der Waals surface area contributed by atoms with Crippen LogP contribution in [0.1, 0.15) is 20.8 Å². The molecule has 0 aliphatic heterocycles. The summed E-state index contributed by atoms with van der Waals surface area (Å²) >= 11 is 12.3. The number of likely N-dealkylation sites (N-methyl/N-ethyl adjacent to an activating group) is 2. The number of hydrogen-bond acceptors (Lipinski definition) is 7. The standard InChI is InChI=1S/C13H32N4S2.CH4S/c1-4-14-7-12(9-18)17-6-11(3)16-8-13(10-19)15-5-2;1-2/h11-19H,4-10H2,1-3H3;2H,1H3. The van der Waals surface area contributed by atoms with E-state index >= 15 is 0 Å². The molecule has 130 valence electrons. The molecule has 0 radical (unpaired) electrons. The third kappa shape index (κ3) is 15.6. The largest absolute Gasteiger partial charge is 0.315 e. The van der Waals surface area contributed by atoms with Crippen LogP contribution in [0.15, 0.2) is 0 Å². The van der Waals surface area contributed by atoms with Gasteiger partial charge >= 0.3 is 0 Å². The second-order valence-electron chi connectivity index (χ2n) is 4.84. The molecule has 4 nitrogen and oxygen atoms in total. The molecule has 0 aliphatic rings. The van der Waals surface area contributed by atoms with Crippen molar-refractivity contribution in [2.75, 3.05) is 50.5 Å². The predicted octanol–water partition coefficient (Wildman–Crippen LogP) is 0.916. The summed E-state index contributed by atoms with van der Waals surface area (Å²) < 4.78 is 0. The summed E-state index contributed by atoms with van der Waals surface area (Å²) in [4.78, 5) is 0. The van der Waals surface area contributed by atoms with Crippen molar-refractivity contribution >= 4 is 37.9 Å². The Morgan fingerprint density at radius 1 is 0.762 bits per heavy atom. The predicted molar refractivity (Wildman–Crippen MR) is 108 cm³/mol. The SMILES string of the molecule is CCNCC(CS)NCC(C)NCC(CS)NCC.CS. The molecule has 0 aliphatic carbocycles. The van der Waals surface area contributed by atoms with Gasteiger partial charge in [0, 0.05) is 49.3 Å². The van der Waals surface area contributed by atoms with Crippen LogP contribution in [-0.2, 0) is 0 Å². The van der Waals surface area contributed by atoms with Crippen LogP contribution in [0, 0.1) is 0 Å². The fourth-order valence-electron chi connectivity index (χ4n) is 1.77. The first kappa shape index (κ1) is 24.1. The van der Waals surface area contributed by atoms with Crippen LogP contribution in [0.4, 0.5) is 0 Å². The Kier molecular flexibility index (Phi) is 21.8. The molecule has 0 rings (SSSR count). The topological polar surface area (TPSA) is 48.1 Å². The van der Waals surface area contributed by atoms with Gasteiger partial charge in [-0.1, -0.05) is 13.8 Å². The fourth-order valence-corrected chi connectivity index (χ4v) is 2.29. The Balaban J connectivity index is 0. The summed E-state index contributed by atoms with van der Waals surface area (Å²) in [6, 6.07) is 1.32. The van der Waals surface area contributed by atoms with Crippen LogP contribution < -0.4 is 21.3 Å². The monoisotopic (exact) mass is 356 g/mol. The minimum atomic E-state index is 0.432. The average Bonchev–Trinajstić information content (AvgIpc) is 2.53. The molecule has 3 unspecified atom stereocenters. The summed E-state index contributed by atoms with van der Waals surface area (Å²) in [6.45, 7) is 11.3. The normalized spacial score (nSPS) is 15.0. The zero-order valence-corrected chi connectivity index (χ0v) is 16.7. The Morgan fingerprint density at radius 2 is 1.33 bits per heavy atom. The van der Waals surface area contributed by atoms with Gasteiger partial charge in [-0.2, -0.15) is 37.9 Å². The third-order valence-electron chi connectivity index (χ3n) is 3.00. The Morgan fingerprint density at radius 3 is 1.81 bits per heavy atom. The molecule has 0 bridgehead atoms. The van der Waals surface area contributed by atoms with Crippen molar-refractivity contribution in [3.8, 4) is 0 Å². The van der Waals surface area contributed by atoms with Crippen molar-refractivity contribution in [2.45, 2.75) is 38.9 Å². The number of nitrogens with one attached hydrogen (secondary N) is 4. The first-order valence-electron chi connectivity index (χ1n) is 7.75. The molecule has 7 heteroatoms. The van der Waals surface area contributed by atoms with Crippen LogP contribution in [0.3, 0.4) is 0 Å². The molecular weight excluding hydrogens is 320 g/mol. The zero-order chi connectivity index (χ0) is 16.5. The van der Waals surface area contributed by atoms with Crippen LogP contribution in [0.2, 0.25) is 0 Å².